The van der Waals surface area contributed by atoms with Crippen LogP contribution in [0.3, 0.4) is 0 Å². The molecule has 0 fully saturated rings. The number of carbonyl (C=O) groups is 1. The number of hydrogen-bond acceptors (Lipinski definition) is 2. The first-order valence-corrected chi connectivity index (χ1v) is 7.68. The summed E-state index contributed by atoms with van der Waals surface area (Å²) in [4.78, 5) is 11.9. The molecular weight excluding hydrogens is 298 g/mol. The number of benzene rings is 2. The van der Waals surface area contributed by atoms with E-state index in [1.165, 1.54) is 0 Å². The van der Waals surface area contributed by atoms with E-state index in [0.29, 0.717) is 24.5 Å². The highest BCUT2D eigenvalue weighted by Crippen LogP contribution is 2.22. The smallest absolute Gasteiger partial charge is 0.224 e. The minimum Gasteiger partial charge on any atom is -0.493 e. The molecule has 0 unspecified atom stereocenters. The van der Waals surface area contributed by atoms with E-state index >= 15 is 0 Å². The third-order valence-electron chi connectivity index (χ3n) is 3.36. The number of hydrogen-bond donors (Lipinski definition) is 1. The fraction of sp³-hybridized carbons (Fsp3) is 0.278. The highest BCUT2D eigenvalue weighted by atomic mass is 35.5. The first-order chi connectivity index (χ1) is 10.6. The summed E-state index contributed by atoms with van der Waals surface area (Å²) in [7, 11) is 0. The van der Waals surface area contributed by atoms with Crippen molar-refractivity contribution in [2.24, 2.45) is 0 Å². The van der Waals surface area contributed by atoms with Crippen molar-refractivity contribution in [2.75, 3.05) is 11.9 Å². The predicted octanol–water partition coefficient (Wildman–Crippen LogP) is 4.75. The van der Waals surface area contributed by atoms with Gasteiger partial charge < -0.3 is 10.1 Å². The molecule has 0 aliphatic rings. The van der Waals surface area contributed by atoms with Gasteiger partial charge in [0.05, 0.1) is 6.61 Å². The molecule has 0 radical (unpaired) electrons. The number of rotatable bonds is 6. The summed E-state index contributed by atoms with van der Waals surface area (Å²) >= 11 is 5.90. The van der Waals surface area contributed by atoms with Gasteiger partial charge in [-0.25, -0.2) is 0 Å². The lowest BCUT2D eigenvalue weighted by Gasteiger charge is -2.10. The number of carbonyl (C=O) groups excluding carboxylic acids is 1. The monoisotopic (exact) mass is 317 g/mol. The van der Waals surface area contributed by atoms with Gasteiger partial charge in [-0.2, -0.15) is 0 Å². The van der Waals surface area contributed by atoms with Crippen molar-refractivity contribution in [3.8, 4) is 5.75 Å². The molecule has 4 heteroatoms. The van der Waals surface area contributed by atoms with E-state index in [2.05, 4.69) is 5.32 Å². The highest BCUT2D eigenvalue weighted by molar-refractivity contribution is 6.30. The molecule has 3 nitrogen and oxygen atoms in total. The van der Waals surface area contributed by atoms with Gasteiger partial charge >= 0.3 is 0 Å². The standard InChI is InChI=1S/C18H20ClNO2/c1-13-6-3-4-7-16(13)20-18(21)8-5-11-22-17-10-9-15(19)12-14(17)2/h3-4,6-7,9-10,12H,5,8,11H2,1-2H3,(H,20,21). The van der Waals surface area contributed by atoms with Crippen LogP contribution in [0.5, 0.6) is 5.75 Å². The number of anilines is 1. The van der Waals surface area contributed by atoms with Crippen LogP contribution in [-0.4, -0.2) is 12.5 Å². The summed E-state index contributed by atoms with van der Waals surface area (Å²) < 4.78 is 5.68. The number of nitrogens with one attached hydrogen (secondary N) is 1. The van der Waals surface area contributed by atoms with Gasteiger partial charge in [-0.3, -0.25) is 4.79 Å². The third-order valence-corrected chi connectivity index (χ3v) is 3.60. The Labute approximate surface area is 136 Å². The van der Waals surface area contributed by atoms with Crippen molar-refractivity contribution in [3.63, 3.8) is 0 Å². The van der Waals surface area contributed by atoms with Gasteiger partial charge in [0.1, 0.15) is 5.75 Å². The fourth-order valence-electron chi connectivity index (χ4n) is 2.12. The van der Waals surface area contributed by atoms with Gasteiger partial charge in [-0.1, -0.05) is 29.8 Å². The van der Waals surface area contributed by atoms with Crippen LogP contribution >= 0.6 is 11.6 Å². The number of halogens is 1. The van der Waals surface area contributed by atoms with E-state index in [0.717, 1.165) is 22.6 Å². The van der Waals surface area contributed by atoms with E-state index in [-0.39, 0.29) is 5.91 Å². The first-order valence-electron chi connectivity index (χ1n) is 7.30. The molecule has 1 N–H and O–H groups in total. The van der Waals surface area contributed by atoms with Crippen molar-refractivity contribution in [1.29, 1.82) is 0 Å². The van der Waals surface area contributed by atoms with E-state index in [1.54, 1.807) is 6.07 Å². The molecule has 0 heterocycles. The second kappa shape index (κ2) is 7.85. The van der Waals surface area contributed by atoms with Gasteiger partial charge in [0.2, 0.25) is 5.91 Å². The molecule has 1 amide bonds. The zero-order valence-electron chi connectivity index (χ0n) is 12.9. The molecule has 2 aromatic rings. The number of para-hydroxylation sites is 1. The van der Waals surface area contributed by atoms with Gasteiger partial charge in [-0.15, -0.1) is 0 Å². The summed E-state index contributed by atoms with van der Waals surface area (Å²) in [6.45, 7) is 4.43. The maximum atomic E-state index is 11.9. The van der Waals surface area contributed by atoms with Crippen LogP contribution in [0.25, 0.3) is 0 Å². The topological polar surface area (TPSA) is 38.3 Å². The second-order valence-corrected chi connectivity index (χ2v) is 5.66. The maximum absolute atomic E-state index is 11.9. The largest absolute Gasteiger partial charge is 0.493 e. The molecule has 0 saturated carbocycles. The lowest BCUT2D eigenvalue weighted by atomic mass is 10.2. The van der Waals surface area contributed by atoms with Crippen LogP contribution < -0.4 is 10.1 Å². The van der Waals surface area contributed by atoms with Crippen molar-refractivity contribution >= 4 is 23.2 Å². The number of aryl methyl sites for hydroxylation is 2. The number of ether oxygens (including phenoxy) is 1. The van der Waals surface area contributed by atoms with Gasteiger partial charge in [0.25, 0.3) is 0 Å². The normalized spacial score (nSPS) is 10.3. The Hall–Kier alpha value is -2.00. The van der Waals surface area contributed by atoms with E-state index in [1.807, 2.05) is 50.2 Å². The van der Waals surface area contributed by atoms with Crippen molar-refractivity contribution in [1.82, 2.24) is 0 Å². The minimum absolute atomic E-state index is 0.00530. The van der Waals surface area contributed by atoms with Crippen LogP contribution in [0.1, 0.15) is 24.0 Å². The van der Waals surface area contributed by atoms with Crippen molar-refractivity contribution in [3.05, 3.63) is 58.6 Å². The second-order valence-electron chi connectivity index (χ2n) is 5.22. The van der Waals surface area contributed by atoms with E-state index in [9.17, 15) is 4.79 Å². The minimum atomic E-state index is 0.00530. The van der Waals surface area contributed by atoms with Crippen LogP contribution in [0.15, 0.2) is 42.5 Å². The summed E-state index contributed by atoms with van der Waals surface area (Å²) in [5.41, 5.74) is 2.92. The van der Waals surface area contributed by atoms with Gasteiger partial charge in [-0.05, 0) is 55.7 Å². The molecule has 2 aromatic carbocycles. The first kappa shape index (κ1) is 16.4. The molecule has 0 aromatic heterocycles. The molecular formula is C18H20ClNO2. The lowest BCUT2D eigenvalue weighted by Crippen LogP contribution is -2.13. The van der Waals surface area contributed by atoms with Crippen LogP contribution in [-0.2, 0) is 4.79 Å². The van der Waals surface area contributed by atoms with Gasteiger partial charge in [0.15, 0.2) is 0 Å². The quantitative estimate of drug-likeness (QED) is 0.780. The zero-order chi connectivity index (χ0) is 15.9. The SMILES string of the molecule is Cc1ccccc1NC(=O)CCCOc1ccc(Cl)cc1C. The van der Waals surface area contributed by atoms with Crippen LogP contribution in [0.2, 0.25) is 5.02 Å². The van der Waals surface area contributed by atoms with Gasteiger partial charge in [0, 0.05) is 17.1 Å². The maximum Gasteiger partial charge on any atom is 0.224 e. The zero-order valence-corrected chi connectivity index (χ0v) is 13.6. The summed E-state index contributed by atoms with van der Waals surface area (Å²) in [6.07, 6.45) is 1.10. The average molecular weight is 318 g/mol. The molecule has 116 valence electrons. The Morgan fingerprint density at radius 2 is 1.91 bits per heavy atom. The molecule has 0 aliphatic heterocycles. The summed E-state index contributed by atoms with van der Waals surface area (Å²) in [6, 6.07) is 13.3. The predicted molar refractivity (Wildman–Crippen MR) is 90.7 cm³/mol. The molecule has 0 aliphatic carbocycles. The van der Waals surface area contributed by atoms with E-state index in [4.69, 9.17) is 16.3 Å². The third kappa shape index (κ3) is 4.78. The molecule has 22 heavy (non-hydrogen) atoms. The fourth-order valence-corrected chi connectivity index (χ4v) is 2.34. The Balaban J connectivity index is 1.74. The molecule has 0 saturated heterocycles. The Bertz CT molecular complexity index is 655. The van der Waals surface area contributed by atoms with E-state index < -0.39 is 0 Å². The Morgan fingerprint density at radius 3 is 2.64 bits per heavy atom. The van der Waals surface area contributed by atoms with Crippen molar-refractivity contribution < 1.29 is 9.53 Å². The lowest BCUT2D eigenvalue weighted by molar-refractivity contribution is -0.116. The van der Waals surface area contributed by atoms with Crippen LogP contribution in [0.4, 0.5) is 5.69 Å². The summed E-state index contributed by atoms with van der Waals surface area (Å²) in [5.74, 6) is 0.814. The van der Waals surface area contributed by atoms with Crippen LogP contribution in [0, 0.1) is 13.8 Å². The molecule has 0 bridgehead atoms. The summed E-state index contributed by atoms with van der Waals surface area (Å²) in [5, 5.41) is 3.61. The number of amides is 1. The molecule has 0 atom stereocenters. The Kier molecular flexibility index (Phi) is 5.84. The molecule has 0 spiro atoms. The molecule has 2 rings (SSSR count). The Morgan fingerprint density at radius 1 is 1.14 bits per heavy atom. The van der Waals surface area contributed by atoms with Crippen molar-refractivity contribution in [2.45, 2.75) is 26.7 Å². The highest BCUT2D eigenvalue weighted by Gasteiger charge is 2.05. The average Bonchev–Trinajstić information content (AvgIpc) is 2.48.